The average Bonchev–Trinajstić information content (AvgIpc) is 3.22. The third kappa shape index (κ3) is 5.65. The maximum absolute atomic E-state index is 12.7. The first-order valence-corrected chi connectivity index (χ1v) is 9.40. The van der Waals surface area contributed by atoms with E-state index in [-0.39, 0.29) is 31.8 Å². The molecule has 3 rings (SSSR count). The number of aryl methyl sites for hydroxylation is 1. The van der Waals surface area contributed by atoms with Crippen LogP contribution in [0.25, 0.3) is 11.4 Å². The van der Waals surface area contributed by atoms with Gasteiger partial charge in [0.15, 0.2) is 0 Å². The van der Waals surface area contributed by atoms with Crippen LogP contribution < -0.4 is 0 Å². The summed E-state index contributed by atoms with van der Waals surface area (Å²) in [5.41, 5.74) is 1.58. The Balaban J connectivity index is 1.66. The van der Waals surface area contributed by atoms with Crippen molar-refractivity contribution in [1.82, 2.24) is 15.0 Å². The number of carbonyl (C=O) groups is 2. The van der Waals surface area contributed by atoms with Gasteiger partial charge in [0, 0.05) is 30.0 Å². The van der Waals surface area contributed by atoms with E-state index in [1.807, 2.05) is 42.5 Å². The van der Waals surface area contributed by atoms with Gasteiger partial charge in [-0.15, -0.1) is 0 Å². The molecular formula is C21H20ClN3O4. The van der Waals surface area contributed by atoms with Crippen molar-refractivity contribution >= 4 is 23.5 Å². The molecule has 8 heteroatoms. The summed E-state index contributed by atoms with van der Waals surface area (Å²) in [6.07, 6.45) is 0.372. The molecule has 1 aromatic heterocycles. The number of aromatic nitrogens is 2. The second-order valence-corrected chi connectivity index (χ2v) is 6.70. The van der Waals surface area contributed by atoms with Crippen molar-refractivity contribution in [1.29, 1.82) is 0 Å². The van der Waals surface area contributed by atoms with Crippen LogP contribution >= 0.6 is 11.6 Å². The molecule has 150 valence electrons. The molecule has 1 heterocycles. The third-order valence-electron chi connectivity index (χ3n) is 4.27. The minimum atomic E-state index is -0.505. The van der Waals surface area contributed by atoms with Crippen LogP contribution in [0.3, 0.4) is 0 Å². The van der Waals surface area contributed by atoms with Crippen molar-refractivity contribution < 1.29 is 18.8 Å². The summed E-state index contributed by atoms with van der Waals surface area (Å²) in [6.45, 7) is 0.0341. The molecule has 0 atom stereocenters. The van der Waals surface area contributed by atoms with Crippen molar-refractivity contribution in [3.63, 3.8) is 0 Å². The number of methoxy groups -OCH3 is 1. The second-order valence-electron chi connectivity index (χ2n) is 6.30. The minimum Gasteiger partial charge on any atom is -0.468 e. The number of esters is 1. The number of halogens is 1. The van der Waals surface area contributed by atoms with Gasteiger partial charge in [0.1, 0.15) is 6.54 Å². The molecule has 3 aromatic rings. The van der Waals surface area contributed by atoms with Crippen LogP contribution in [0.2, 0.25) is 5.02 Å². The van der Waals surface area contributed by atoms with Gasteiger partial charge in [-0.2, -0.15) is 4.98 Å². The number of hydrogen-bond donors (Lipinski definition) is 0. The Morgan fingerprint density at radius 3 is 2.55 bits per heavy atom. The van der Waals surface area contributed by atoms with Gasteiger partial charge in [-0.1, -0.05) is 65.3 Å². The zero-order valence-corrected chi connectivity index (χ0v) is 16.6. The van der Waals surface area contributed by atoms with Gasteiger partial charge in [-0.05, 0) is 11.6 Å². The van der Waals surface area contributed by atoms with Gasteiger partial charge in [0.25, 0.3) is 0 Å². The molecule has 0 unspecified atom stereocenters. The van der Waals surface area contributed by atoms with Crippen molar-refractivity contribution in [3.05, 3.63) is 71.1 Å². The standard InChI is InChI=1S/C21H20ClN3O4/c1-28-20(27)14-25(13-16-9-5-6-10-17(16)22)19(26)12-11-18-23-21(24-29-18)15-7-3-2-4-8-15/h2-10H,11-14H2,1H3. The summed E-state index contributed by atoms with van der Waals surface area (Å²) in [7, 11) is 1.28. The van der Waals surface area contributed by atoms with Gasteiger partial charge < -0.3 is 14.2 Å². The molecule has 1 amide bonds. The molecule has 2 aromatic carbocycles. The largest absolute Gasteiger partial charge is 0.468 e. The Labute approximate surface area is 173 Å². The Kier molecular flexibility index (Phi) is 6.97. The van der Waals surface area contributed by atoms with E-state index >= 15 is 0 Å². The van der Waals surface area contributed by atoms with E-state index in [9.17, 15) is 9.59 Å². The van der Waals surface area contributed by atoms with Crippen LogP contribution in [-0.2, 0) is 27.3 Å². The molecule has 29 heavy (non-hydrogen) atoms. The predicted octanol–water partition coefficient (Wildman–Crippen LogP) is 3.52. The van der Waals surface area contributed by atoms with Crippen LogP contribution in [0.5, 0.6) is 0 Å². The molecule has 0 bridgehead atoms. The fourth-order valence-corrected chi connectivity index (χ4v) is 2.91. The topological polar surface area (TPSA) is 85.5 Å². The lowest BCUT2D eigenvalue weighted by molar-refractivity contribution is -0.147. The van der Waals surface area contributed by atoms with Crippen LogP contribution in [0.4, 0.5) is 0 Å². The summed E-state index contributed by atoms with van der Waals surface area (Å²) in [6, 6.07) is 16.6. The second kappa shape index (κ2) is 9.84. The lowest BCUT2D eigenvalue weighted by atomic mass is 10.2. The molecular weight excluding hydrogens is 394 g/mol. The number of rotatable bonds is 8. The first-order valence-electron chi connectivity index (χ1n) is 9.03. The van der Waals surface area contributed by atoms with Gasteiger partial charge in [0.2, 0.25) is 17.6 Å². The van der Waals surface area contributed by atoms with Crippen LogP contribution in [0, 0.1) is 0 Å². The maximum atomic E-state index is 12.7. The Hall–Kier alpha value is -3.19. The quantitative estimate of drug-likeness (QED) is 0.525. The average molecular weight is 414 g/mol. The highest BCUT2D eigenvalue weighted by Gasteiger charge is 2.20. The molecule has 0 spiro atoms. The summed E-state index contributed by atoms with van der Waals surface area (Å²) in [5, 5.41) is 4.48. The number of hydrogen-bond acceptors (Lipinski definition) is 6. The molecule has 0 aliphatic heterocycles. The van der Waals surface area contributed by atoms with Crippen LogP contribution in [-0.4, -0.2) is 40.6 Å². The molecule has 0 radical (unpaired) electrons. The highest BCUT2D eigenvalue weighted by molar-refractivity contribution is 6.31. The third-order valence-corrected chi connectivity index (χ3v) is 4.64. The Bertz CT molecular complexity index is 975. The van der Waals surface area contributed by atoms with Crippen LogP contribution in [0.1, 0.15) is 17.9 Å². The van der Waals surface area contributed by atoms with Crippen molar-refractivity contribution in [2.24, 2.45) is 0 Å². The molecule has 0 aliphatic rings. The van der Waals surface area contributed by atoms with Gasteiger partial charge in [0.05, 0.1) is 7.11 Å². The lowest BCUT2D eigenvalue weighted by Gasteiger charge is -2.22. The van der Waals surface area contributed by atoms with E-state index in [4.69, 9.17) is 20.9 Å². The maximum Gasteiger partial charge on any atom is 0.325 e. The van der Waals surface area contributed by atoms with Crippen molar-refractivity contribution in [2.45, 2.75) is 19.4 Å². The summed E-state index contributed by atoms with van der Waals surface area (Å²) in [5.74, 6) is 0.0767. The highest BCUT2D eigenvalue weighted by Crippen LogP contribution is 2.19. The first kappa shape index (κ1) is 20.5. The Morgan fingerprint density at radius 2 is 1.83 bits per heavy atom. The van der Waals surface area contributed by atoms with Gasteiger partial charge >= 0.3 is 5.97 Å². The fraction of sp³-hybridized carbons (Fsp3) is 0.238. The molecule has 7 nitrogen and oxygen atoms in total. The van der Waals surface area contributed by atoms with E-state index < -0.39 is 5.97 Å². The number of carbonyl (C=O) groups excluding carboxylic acids is 2. The SMILES string of the molecule is COC(=O)CN(Cc1ccccc1Cl)C(=O)CCc1nc(-c2ccccc2)no1. The normalized spacial score (nSPS) is 10.6. The highest BCUT2D eigenvalue weighted by atomic mass is 35.5. The summed E-state index contributed by atoms with van der Waals surface area (Å²) < 4.78 is 9.95. The van der Waals surface area contributed by atoms with Gasteiger partial charge in [-0.3, -0.25) is 9.59 Å². The summed E-state index contributed by atoms with van der Waals surface area (Å²) >= 11 is 6.19. The number of amides is 1. The molecule has 0 aliphatic carbocycles. The van der Waals surface area contributed by atoms with E-state index in [1.165, 1.54) is 12.0 Å². The lowest BCUT2D eigenvalue weighted by Crippen LogP contribution is -2.36. The van der Waals surface area contributed by atoms with Crippen LogP contribution in [0.15, 0.2) is 59.1 Å². The van der Waals surface area contributed by atoms with Crippen molar-refractivity contribution in [2.75, 3.05) is 13.7 Å². The summed E-state index contributed by atoms with van der Waals surface area (Å²) in [4.78, 5) is 30.2. The monoisotopic (exact) mass is 413 g/mol. The Morgan fingerprint density at radius 1 is 1.10 bits per heavy atom. The van der Waals surface area contributed by atoms with Crippen molar-refractivity contribution in [3.8, 4) is 11.4 Å². The molecule has 0 saturated heterocycles. The zero-order valence-electron chi connectivity index (χ0n) is 15.9. The molecule has 0 N–H and O–H groups in total. The molecule has 0 saturated carbocycles. The van der Waals surface area contributed by atoms with E-state index in [0.29, 0.717) is 16.7 Å². The predicted molar refractivity (Wildman–Crippen MR) is 107 cm³/mol. The van der Waals surface area contributed by atoms with E-state index in [2.05, 4.69) is 10.1 Å². The fourth-order valence-electron chi connectivity index (χ4n) is 2.72. The van der Waals surface area contributed by atoms with Gasteiger partial charge in [-0.25, -0.2) is 0 Å². The minimum absolute atomic E-state index is 0.109. The van der Waals surface area contributed by atoms with E-state index in [0.717, 1.165) is 11.1 Å². The number of nitrogens with zero attached hydrogens (tertiary/aromatic N) is 3. The smallest absolute Gasteiger partial charge is 0.325 e. The first-order chi connectivity index (χ1) is 14.1. The van der Waals surface area contributed by atoms with E-state index in [1.54, 1.807) is 12.1 Å². The zero-order chi connectivity index (χ0) is 20.6. The molecule has 0 fully saturated rings. The number of benzene rings is 2. The number of ether oxygens (including phenoxy) is 1.